The summed E-state index contributed by atoms with van der Waals surface area (Å²) in [6, 6.07) is 16.5. The first kappa shape index (κ1) is 25.8. The summed E-state index contributed by atoms with van der Waals surface area (Å²) in [6.07, 6.45) is 0. The summed E-state index contributed by atoms with van der Waals surface area (Å²) in [4.78, 5) is 12.6. The normalized spacial score (nSPS) is 11.0. The van der Waals surface area contributed by atoms with E-state index in [0.717, 1.165) is 15.9 Å². The van der Waals surface area contributed by atoms with Crippen LogP contribution in [0.1, 0.15) is 12.5 Å². The lowest BCUT2D eigenvalue weighted by Gasteiger charge is -2.25. The van der Waals surface area contributed by atoms with Gasteiger partial charge in [0.2, 0.25) is 5.91 Å². The van der Waals surface area contributed by atoms with Gasteiger partial charge in [-0.3, -0.25) is 9.10 Å². The largest absolute Gasteiger partial charge is 0.494 e. The van der Waals surface area contributed by atoms with Crippen LogP contribution in [-0.4, -0.2) is 41.7 Å². The molecule has 3 aromatic rings. The van der Waals surface area contributed by atoms with Gasteiger partial charge in [0.1, 0.15) is 18.1 Å². The van der Waals surface area contributed by atoms with E-state index in [1.807, 2.05) is 6.92 Å². The number of sulfonamides is 1. The van der Waals surface area contributed by atoms with Gasteiger partial charge in [0, 0.05) is 12.6 Å². The number of carbonyl (C=O) groups is 1. The molecule has 1 amide bonds. The highest BCUT2D eigenvalue weighted by Gasteiger charge is 2.30. The first-order valence-corrected chi connectivity index (χ1v) is 12.2. The lowest BCUT2D eigenvalue weighted by Crippen LogP contribution is -2.41. The van der Waals surface area contributed by atoms with Crippen molar-refractivity contribution in [1.29, 1.82) is 0 Å². The Labute approximate surface area is 204 Å². The summed E-state index contributed by atoms with van der Waals surface area (Å²) >= 11 is 0. The molecule has 0 aliphatic carbocycles. The highest BCUT2D eigenvalue weighted by Crippen LogP contribution is 2.32. The molecule has 0 aromatic heterocycles. The summed E-state index contributed by atoms with van der Waals surface area (Å²) in [5.41, 5.74) is 0.542. The number of nitrogens with one attached hydrogen (secondary N) is 1. The fourth-order valence-corrected chi connectivity index (χ4v) is 4.76. The van der Waals surface area contributed by atoms with E-state index in [2.05, 4.69) is 5.32 Å². The molecule has 0 bridgehead atoms. The molecular formula is C25H27FN2O6S. The molecule has 3 aromatic carbocycles. The van der Waals surface area contributed by atoms with Crippen molar-refractivity contribution in [3.63, 3.8) is 0 Å². The maximum atomic E-state index is 14.7. The van der Waals surface area contributed by atoms with Gasteiger partial charge in [-0.25, -0.2) is 12.8 Å². The molecular weight excluding hydrogens is 475 g/mol. The molecule has 0 saturated carbocycles. The second kappa shape index (κ2) is 11.6. The number of hydrogen-bond donors (Lipinski definition) is 1. The van der Waals surface area contributed by atoms with Gasteiger partial charge in [-0.15, -0.1) is 0 Å². The van der Waals surface area contributed by atoms with Crippen LogP contribution in [0.15, 0.2) is 71.6 Å². The van der Waals surface area contributed by atoms with Gasteiger partial charge in [0.25, 0.3) is 10.0 Å². The Hall–Kier alpha value is -3.79. The van der Waals surface area contributed by atoms with Gasteiger partial charge in [0.15, 0.2) is 11.5 Å². The third-order valence-corrected chi connectivity index (χ3v) is 6.83. The zero-order valence-electron chi connectivity index (χ0n) is 19.7. The number of rotatable bonds is 11. The summed E-state index contributed by atoms with van der Waals surface area (Å²) < 4.78 is 58.2. The van der Waals surface area contributed by atoms with E-state index in [1.165, 1.54) is 50.6 Å². The average molecular weight is 503 g/mol. The summed E-state index contributed by atoms with van der Waals surface area (Å²) in [6.45, 7) is 1.95. The van der Waals surface area contributed by atoms with Crippen LogP contribution in [-0.2, 0) is 21.4 Å². The van der Waals surface area contributed by atoms with E-state index in [9.17, 15) is 17.6 Å². The molecule has 0 fully saturated rings. The molecule has 0 atom stereocenters. The fraction of sp³-hybridized carbons (Fsp3) is 0.240. The quantitative estimate of drug-likeness (QED) is 0.429. The Balaban J connectivity index is 1.86. The third-order valence-electron chi connectivity index (χ3n) is 5.08. The van der Waals surface area contributed by atoms with Crippen LogP contribution < -0.4 is 23.8 Å². The Bertz CT molecular complexity index is 1270. The smallest absolute Gasteiger partial charge is 0.265 e. The maximum absolute atomic E-state index is 14.7. The number of anilines is 1. The average Bonchev–Trinajstić information content (AvgIpc) is 2.87. The summed E-state index contributed by atoms with van der Waals surface area (Å²) in [7, 11) is -1.55. The van der Waals surface area contributed by atoms with Gasteiger partial charge in [0.05, 0.1) is 31.4 Å². The van der Waals surface area contributed by atoms with Crippen molar-refractivity contribution >= 4 is 21.6 Å². The Morgan fingerprint density at radius 3 is 2.29 bits per heavy atom. The van der Waals surface area contributed by atoms with Crippen LogP contribution in [0, 0.1) is 5.82 Å². The van der Waals surface area contributed by atoms with E-state index in [0.29, 0.717) is 18.1 Å². The van der Waals surface area contributed by atoms with Crippen molar-refractivity contribution in [1.82, 2.24) is 5.32 Å². The molecule has 0 unspecified atom stereocenters. The van der Waals surface area contributed by atoms with Crippen LogP contribution in [0.5, 0.6) is 17.2 Å². The second-order valence-electron chi connectivity index (χ2n) is 7.33. The molecule has 0 heterocycles. The van der Waals surface area contributed by atoms with Crippen LogP contribution in [0.4, 0.5) is 10.1 Å². The first-order chi connectivity index (χ1) is 16.8. The molecule has 35 heavy (non-hydrogen) atoms. The van der Waals surface area contributed by atoms with E-state index in [4.69, 9.17) is 14.2 Å². The van der Waals surface area contributed by atoms with Gasteiger partial charge in [-0.2, -0.15) is 0 Å². The molecule has 0 saturated heterocycles. The Morgan fingerprint density at radius 2 is 1.66 bits per heavy atom. The number of carbonyl (C=O) groups excluding carboxylic acids is 1. The van der Waals surface area contributed by atoms with Crippen molar-refractivity contribution in [3.8, 4) is 17.2 Å². The fourth-order valence-electron chi connectivity index (χ4n) is 3.32. The number of para-hydroxylation sites is 1. The van der Waals surface area contributed by atoms with Crippen molar-refractivity contribution in [3.05, 3.63) is 78.1 Å². The van der Waals surface area contributed by atoms with Crippen molar-refractivity contribution in [2.75, 3.05) is 31.7 Å². The predicted molar refractivity (Wildman–Crippen MR) is 130 cm³/mol. The minimum Gasteiger partial charge on any atom is -0.494 e. The predicted octanol–water partition coefficient (Wildman–Crippen LogP) is 3.75. The van der Waals surface area contributed by atoms with Crippen LogP contribution in [0.3, 0.4) is 0 Å². The second-order valence-corrected chi connectivity index (χ2v) is 9.20. The van der Waals surface area contributed by atoms with Gasteiger partial charge >= 0.3 is 0 Å². The first-order valence-electron chi connectivity index (χ1n) is 10.8. The number of halogens is 1. The summed E-state index contributed by atoms with van der Waals surface area (Å²) in [5, 5.41) is 2.68. The summed E-state index contributed by atoms with van der Waals surface area (Å²) in [5.74, 6) is -0.171. The van der Waals surface area contributed by atoms with Gasteiger partial charge in [-0.1, -0.05) is 24.3 Å². The molecule has 8 nitrogen and oxygen atoms in total. The molecule has 3 rings (SSSR count). The number of nitrogens with zero attached hydrogens (tertiary/aromatic N) is 1. The van der Waals surface area contributed by atoms with Crippen molar-refractivity contribution < 1.29 is 31.8 Å². The van der Waals surface area contributed by atoms with Crippen LogP contribution in [0.25, 0.3) is 0 Å². The molecule has 0 aliphatic heterocycles. The van der Waals surface area contributed by atoms with E-state index in [1.54, 1.807) is 24.3 Å². The van der Waals surface area contributed by atoms with E-state index < -0.39 is 28.3 Å². The zero-order valence-corrected chi connectivity index (χ0v) is 20.5. The van der Waals surface area contributed by atoms with Gasteiger partial charge in [-0.05, 0) is 48.9 Å². The Morgan fingerprint density at radius 1 is 0.971 bits per heavy atom. The molecule has 0 aliphatic rings. The highest BCUT2D eigenvalue weighted by atomic mass is 32.2. The maximum Gasteiger partial charge on any atom is 0.265 e. The van der Waals surface area contributed by atoms with Crippen molar-refractivity contribution in [2.45, 2.75) is 18.4 Å². The minimum atomic E-state index is -4.34. The molecule has 0 radical (unpaired) electrons. The molecule has 0 spiro atoms. The number of ether oxygens (including phenoxy) is 3. The van der Waals surface area contributed by atoms with Gasteiger partial charge < -0.3 is 19.5 Å². The Kier molecular flexibility index (Phi) is 8.53. The van der Waals surface area contributed by atoms with Crippen LogP contribution >= 0.6 is 0 Å². The van der Waals surface area contributed by atoms with Crippen LogP contribution in [0.2, 0.25) is 0 Å². The standard InChI is InChI=1S/C25H27FN2O6S/c1-4-34-19-11-9-18(10-12-19)16-27-25(29)17-28(22-8-6-5-7-21(22)26)35(30,31)20-13-14-23(32-2)24(15-20)33-3/h5-15H,4,16-17H2,1-3H3,(H,27,29). The third kappa shape index (κ3) is 6.21. The number of benzene rings is 3. The SMILES string of the molecule is CCOc1ccc(CNC(=O)CN(c2ccccc2F)S(=O)(=O)c2ccc(OC)c(OC)c2)cc1. The molecule has 1 N–H and O–H groups in total. The topological polar surface area (TPSA) is 94.2 Å². The zero-order chi connectivity index (χ0) is 25.4. The number of hydrogen-bond acceptors (Lipinski definition) is 6. The molecule has 186 valence electrons. The lowest BCUT2D eigenvalue weighted by atomic mass is 10.2. The minimum absolute atomic E-state index is 0.159. The number of amides is 1. The molecule has 10 heteroatoms. The van der Waals surface area contributed by atoms with E-state index >= 15 is 0 Å². The monoisotopic (exact) mass is 502 g/mol. The number of methoxy groups -OCH3 is 2. The highest BCUT2D eigenvalue weighted by molar-refractivity contribution is 7.92. The van der Waals surface area contributed by atoms with E-state index in [-0.39, 0.29) is 22.9 Å². The van der Waals surface area contributed by atoms with Crippen molar-refractivity contribution in [2.24, 2.45) is 0 Å². The lowest BCUT2D eigenvalue weighted by molar-refractivity contribution is -0.119.